The second kappa shape index (κ2) is 5.54. The van der Waals surface area contributed by atoms with E-state index >= 15 is 0 Å². The fraction of sp³-hybridized carbons (Fsp3) is 0.600. The lowest BCUT2D eigenvalue weighted by atomic mass is 10.0. The van der Waals surface area contributed by atoms with Crippen LogP contribution in [-0.4, -0.2) is 18.6 Å². The molecule has 0 spiro atoms. The van der Waals surface area contributed by atoms with E-state index in [1.165, 1.54) is 37.1 Å². The minimum absolute atomic E-state index is 0.245. The number of rotatable bonds is 3. The van der Waals surface area contributed by atoms with Crippen molar-refractivity contribution in [2.75, 3.05) is 11.4 Å². The lowest BCUT2D eigenvalue weighted by Crippen LogP contribution is -2.37. The molecule has 0 saturated carbocycles. The van der Waals surface area contributed by atoms with E-state index in [0.29, 0.717) is 6.04 Å². The summed E-state index contributed by atoms with van der Waals surface area (Å²) in [6.07, 6.45) is 4.99. The third-order valence-corrected chi connectivity index (χ3v) is 3.63. The summed E-state index contributed by atoms with van der Waals surface area (Å²) >= 11 is 0. The largest absolute Gasteiger partial charge is 0.369 e. The molecular weight excluding hydrogens is 208 g/mol. The maximum Gasteiger partial charge on any atom is 0.0368 e. The van der Waals surface area contributed by atoms with Gasteiger partial charge in [-0.1, -0.05) is 12.1 Å². The third-order valence-electron chi connectivity index (χ3n) is 3.63. The van der Waals surface area contributed by atoms with Crippen molar-refractivity contribution in [3.8, 4) is 0 Å². The van der Waals surface area contributed by atoms with Crippen molar-refractivity contribution in [3.05, 3.63) is 29.8 Å². The number of hydrogen-bond donors (Lipinski definition) is 1. The highest BCUT2D eigenvalue weighted by molar-refractivity contribution is 5.48. The molecule has 2 rings (SSSR count). The van der Waals surface area contributed by atoms with Crippen molar-refractivity contribution >= 4 is 5.69 Å². The molecule has 2 heteroatoms. The molecule has 1 heterocycles. The lowest BCUT2D eigenvalue weighted by molar-refractivity contribution is 0.485. The van der Waals surface area contributed by atoms with Crippen LogP contribution in [-0.2, 0) is 6.42 Å². The Morgan fingerprint density at radius 3 is 2.59 bits per heavy atom. The van der Waals surface area contributed by atoms with E-state index in [2.05, 4.69) is 43.0 Å². The van der Waals surface area contributed by atoms with E-state index < -0.39 is 0 Å². The van der Waals surface area contributed by atoms with E-state index in [1.54, 1.807) is 0 Å². The van der Waals surface area contributed by atoms with Crippen molar-refractivity contribution in [2.45, 2.75) is 51.6 Å². The van der Waals surface area contributed by atoms with Crippen LogP contribution in [0.1, 0.15) is 38.7 Å². The SMILES string of the molecule is CC(N)Cc1ccc(N2CCCCC2C)cc1. The van der Waals surface area contributed by atoms with Crippen LogP contribution in [0.3, 0.4) is 0 Å². The predicted molar refractivity (Wildman–Crippen MR) is 74.5 cm³/mol. The zero-order valence-corrected chi connectivity index (χ0v) is 11.0. The monoisotopic (exact) mass is 232 g/mol. The Kier molecular flexibility index (Phi) is 4.06. The Bertz CT molecular complexity index is 342. The van der Waals surface area contributed by atoms with Gasteiger partial charge in [-0.25, -0.2) is 0 Å². The predicted octanol–water partition coefficient (Wildman–Crippen LogP) is 2.96. The van der Waals surface area contributed by atoms with Gasteiger partial charge in [-0.05, 0) is 57.2 Å². The molecule has 94 valence electrons. The van der Waals surface area contributed by atoms with Crippen molar-refractivity contribution in [3.63, 3.8) is 0 Å². The summed E-state index contributed by atoms with van der Waals surface area (Å²) in [6, 6.07) is 9.87. The van der Waals surface area contributed by atoms with Crippen LogP contribution in [0.15, 0.2) is 24.3 Å². The number of nitrogens with two attached hydrogens (primary N) is 1. The van der Waals surface area contributed by atoms with Crippen molar-refractivity contribution in [1.82, 2.24) is 0 Å². The fourth-order valence-corrected chi connectivity index (χ4v) is 2.68. The fourth-order valence-electron chi connectivity index (χ4n) is 2.68. The molecule has 1 aliphatic rings. The van der Waals surface area contributed by atoms with Crippen LogP contribution in [0.2, 0.25) is 0 Å². The normalized spacial score (nSPS) is 22.5. The molecule has 1 fully saturated rings. The first-order valence-corrected chi connectivity index (χ1v) is 6.78. The Balaban J connectivity index is 2.06. The lowest BCUT2D eigenvalue weighted by Gasteiger charge is -2.35. The highest BCUT2D eigenvalue weighted by Gasteiger charge is 2.18. The van der Waals surface area contributed by atoms with Crippen molar-refractivity contribution in [1.29, 1.82) is 0 Å². The van der Waals surface area contributed by atoms with Gasteiger partial charge in [0, 0.05) is 24.3 Å². The molecular formula is C15H24N2. The summed E-state index contributed by atoms with van der Waals surface area (Å²) in [4.78, 5) is 2.53. The first kappa shape index (κ1) is 12.4. The average Bonchev–Trinajstić information content (AvgIpc) is 2.30. The van der Waals surface area contributed by atoms with Gasteiger partial charge in [0.1, 0.15) is 0 Å². The van der Waals surface area contributed by atoms with Gasteiger partial charge in [0.25, 0.3) is 0 Å². The van der Waals surface area contributed by atoms with Crippen LogP contribution in [0.25, 0.3) is 0 Å². The number of piperidine rings is 1. The summed E-state index contributed by atoms with van der Waals surface area (Å²) in [6.45, 7) is 5.59. The van der Waals surface area contributed by atoms with Crippen molar-refractivity contribution < 1.29 is 0 Å². The van der Waals surface area contributed by atoms with Gasteiger partial charge in [-0.2, -0.15) is 0 Å². The molecule has 1 aromatic rings. The van der Waals surface area contributed by atoms with E-state index in [9.17, 15) is 0 Å². The zero-order chi connectivity index (χ0) is 12.3. The quantitative estimate of drug-likeness (QED) is 0.868. The molecule has 17 heavy (non-hydrogen) atoms. The van der Waals surface area contributed by atoms with Gasteiger partial charge >= 0.3 is 0 Å². The second-order valence-electron chi connectivity index (χ2n) is 5.39. The molecule has 2 N–H and O–H groups in total. The van der Waals surface area contributed by atoms with E-state index in [4.69, 9.17) is 5.73 Å². The van der Waals surface area contributed by atoms with Crippen LogP contribution in [0.5, 0.6) is 0 Å². The van der Waals surface area contributed by atoms with E-state index in [-0.39, 0.29) is 6.04 Å². The Hall–Kier alpha value is -1.02. The van der Waals surface area contributed by atoms with Crippen LogP contribution in [0, 0.1) is 0 Å². The Morgan fingerprint density at radius 1 is 1.29 bits per heavy atom. The van der Waals surface area contributed by atoms with Crippen LogP contribution in [0.4, 0.5) is 5.69 Å². The first-order valence-electron chi connectivity index (χ1n) is 6.78. The zero-order valence-electron chi connectivity index (χ0n) is 11.0. The van der Waals surface area contributed by atoms with Gasteiger partial charge in [-0.3, -0.25) is 0 Å². The summed E-state index contributed by atoms with van der Waals surface area (Å²) < 4.78 is 0. The molecule has 0 aliphatic carbocycles. The maximum absolute atomic E-state index is 5.82. The number of nitrogens with zero attached hydrogens (tertiary/aromatic N) is 1. The summed E-state index contributed by atoms with van der Waals surface area (Å²) in [5, 5.41) is 0. The Morgan fingerprint density at radius 2 is 2.00 bits per heavy atom. The Labute approximate surface area is 105 Å². The topological polar surface area (TPSA) is 29.3 Å². The second-order valence-corrected chi connectivity index (χ2v) is 5.39. The summed E-state index contributed by atoms with van der Waals surface area (Å²) in [5.74, 6) is 0. The molecule has 0 amide bonds. The molecule has 2 unspecified atom stereocenters. The van der Waals surface area contributed by atoms with Gasteiger partial charge in [0.05, 0.1) is 0 Å². The summed E-state index contributed by atoms with van der Waals surface area (Å²) in [7, 11) is 0. The molecule has 2 nitrogen and oxygen atoms in total. The molecule has 1 aromatic carbocycles. The minimum atomic E-state index is 0.245. The molecule has 0 radical (unpaired) electrons. The van der Waals surface area contributed by atoms with E-state index in [1.807, 2.05) is 0 Å². The van der Waals surface area contributed by atoms with Crippen LogP contribution >= 0.6 is 0 Å². The molecule has 1 saturated heterocycles. The van der Waals surface area contributed by atoms with Crippen molar-refractivity contribution in [2.24, 2.45) is 5.73 Å². The standard InChI is InChI=1S/C15H24N2/c1-12(16)11-14-6-8-15(9-7-14)17-10-4-3-5-13(17)2/h6-9,12-13H,3-5,10-11,16H2,1-2H3. The van der Waals surface area contributed by atoms with Gasteiger partial charge in [-0.15, -0.1) is 0 Å². The summed E-state index contributed by atoms with van der Waals surface area (Å²) in [5.41, 5.74) is 8.52. The van der Waals surface area contributed by atoms with Gasteiger partial charge < -0.3 is 10.6 Å². The third kappa shape index (κ3) is 3.22. The highest BCUT2D eigenvalue weighted by atomic mass is 15.2. The molecule has 2 atom stereocenters. The van der Waals surface area contributed by atoms with E-state index in [0.717, 1.165) is 6.42 Å². The number of hydrogen-bond acceptors (Lipinski definition) is 2. The van der Waals surface area contributed by atoms with Gasteiger partial charge in [0.15, 0.2) is 0 Å². The highest BCUT2D eigenvalue weighted by Crippen LogP contribution is 2.24. The minimum Gasteiger partial charge on any atom is -0.369 e. The maximum atomic E-state index is 5.82. The number of benzene rings is 1. The number of anilines is 1. The molecule has 0 aromatic heterocycles. The van der Waals surface area contributed by atoms with Gasteiger partial charge in [0.2, 0.25) is 0 Å². The average molecular weight is 232 g/mol. The smallest absolute Gasteiger partial charge is 0.0368 e. The molecule has 0 bridgehead atoms. The van der Waals surface area contributed by atoms with Crippen LogP contribution < -0.4 is 10.6 Å². The molecule has 1 aliphatic heterocycles. The first-order chi connectivity index (χ1) is 8.16.